The summed E-state index contributed by atoms with van der Waals surface area (Å²) in [7, 11) is 1.69. The van der Waals surface area contributed by atoms with Gasteiger partial charge in [0.2, 0.25) is 9.05 Å². The minimum absolute atomic E-state index is 0.0134. The van der Waals surface area contributed by atoms with E-state index >= 15 is 0 Å². The monoisotopic (exact) mass is 306 g/mol. The molecule has 1 aliphatic carbocycles. The average molecular weight is 307 g/mol. The number of ether oxygens (including phenoxy) is 1. The second kappa shape index (κ2) is 6.20. The van der Waals surface area contributed by atoms with Gasteiger partial charge in [0.25, 0.3) is 0 Å². The minimum Gasteiger partial charge on any atom is -0.374 e. The number of alkyl halides is 1. The van der Waals surface area contributed by atoms with Crippen LogP contribution in [-0.2, 0) is 20.4 Å². The fourth-order valence-electron chi connectivity index (χ4n) is 2.09. The van der Waals surface area contributed by atoms with Crippen LogP contribution in [0.25, 0.3) is 0 Å². The molecule has 3 unspecified atom stereocenters. The Balaban J connectivity index is 1.65. The second-order valence-corrected chi connectivity index (χ2v) is 7.69. The molecule has 1 aliphatic rings. The zero-order valence-electron chi connectivity index (χ0n) is 10.3. The van der Waals surface area contributed by atoms with Crippen molar-refractivity contribution in [2.45, 2.75) is 30.9 Å². The summed E-state index contributed by atoms with van der Waals surface area (Å²) in [6, 6.07) is 9.51. The molecule has 1 saturated carbocycles. The Morgan fingerprint density at radius 3 is 2.63 bits per heavy atom. The highest BCUT2D eigenvalue weighted by Crippen LogP contribution is 2.42. The maximum atomic E-state index is 13.6. The smallest absolute Gasteiger partial charge is 0.235 e. The summed E-state index contributed by atoms with van der Waals surface area (Å²) in [6.45, 7) is 0.351. The van der Waals surface area contributed by atoms with E-state index in [1.807, 2.05) is 30.3 Å². The molecule has 106 valence electrons. The highest BCUT2D eigenvalue weighted by Gasteiger charge is 2.47. The largest absolute Gasteiger partial charge is 0.374 e. The first-order valence-electron chi connectivity index (χ1n) is 6.16. The summed E-state index contributed by atoms with van der Waals surface area (Å²) >= 11 is 0. The topological polar surface area (TPSA) is 43.4 Å². The van der Waals surface area contributed by atoms with Crippen molar-refractivity contribution < 1.29 is 17.5 Å². The normalized spacial score (nSPS) is 24.1. The summed E-state index contributed by atoms with van der Waals surface area (Å²) in [5, 5.41) is -0.568. The molecule has 0 aromatic heterocycles. The summed E-state index contributed by atoms with van der Waals surface area (Å²) in [6.07, 6.45) is -0.479. The van der Waals surface area contributed by atoms with Crippen LogP contribution in [0.15, 0.2) is 30.3 Å². The molecule has 3 atom stereocenters. The van der Waals surface area contributed by atoms with Gasteiger partial charge in [-0.15, -0.1) is 0 Å². The van der Waals surface area contributed by atoms with Crippen LogP contribution in [0.2, 0.25) is 0 Å². The van der Waals surface area contributed by atoms with E-state index in [4.69, 9.17) is 15.4 Å². The Bertz CT molecular complexity index is 506. The number of benzene rings is 1. The lowest BCUT2D eigenvalue weighted by Gasteiger charge is -2.08. The number of halogens is 2. The predicted molar refractivity (Wildman–Crippen MR) is 72.3 cm³/mol. The maximum absolute atomic E-state index is 13.6. The minimum atomic E-state index is -3.52. The van der Waals surface area contributed by atoms with E-state index in [1.54, 1.807) is 0 Å². The molecule has 1 aromatic carbocycles. The Morgan fingerprint density at radius 2 is 2.05 bits per heavy atom. The molecule has 0 bridgehead atoms. The zero-order chi connectivity index (χ0) is 13.9. The molecule has 0 N–H and O–H groups in total. The second-order valence-electron chi connectivity index (χ2n) is 4.84. The quantitative estimate of drug-likeness (QED) is 0.728. The molecule has 3 nitrogen and oxygen atoms in total. The lowest BCUT2D eigenvalue weighted by atomic mass is 10.2. The van der Waals surface area contributed by atoms with Gasteiger partial charge in [0.15, 0.2) is 0 Å². The van der Waals surface area contributed by atoms with Crippen molar-refractivity contribution in [3.05, 3.63) is 35.9 Å². The number of hydrogen-bond acceptors (Lipinski definition) is 3. The van der Waals surface area contributed by atoms with E-state index in [0.717, 1.165) is 5.56 Å². The Kier molecular flexibility index (Phi) is 4.81. The molecule has 0 radical (unpaired) electrons. The molecule has 2 rings (SSSR count). The summed E-state index contributed by atoms with van der Waals surface area (Å²) in [5.74, 6) is -0.155. The van der Waals surface area contributed by atoms with Crippen LogP contribution in [0.3, 0.4) is 0 Å². The van der Waals surface area contributed by atoms with Crippen molar-refractivity contribution in [1.82, 2.24) is 0 Å². The van der Waals surface area contributed by atoms with Gasteiger partial charge in [-0.2, -0.15) is 0 Å². The third-order valence-corrected chi connectivity index (χ3v) is 5.18. The lowest BCUT2D eigenvalue weighted by Crippen LogP contribution is -2.13. The SMILES string of the molecule is O=S(=O)(Cl)C1CC1CC(F)COCc1ccccc1. The van der Waals surface area contributed by atoms with Crippen LogP contribution >= 0.6 is 10.7 Å². The molecule has 6 heteroatoms. The van der Waals surface area contributed by atoms with Gasteiger partial charge in [-0.05, 0) is 24.3 Å². The molecule has 0 spiro atoms. The van der Waals surface area contributed by atoms with Crippen LogP contribution in [0.5, 0.6) is 0 Å². The van der Waals surface area contributed by atoms with Gasteiger partial charge < -0.3 is 4.74 Å². The van der Waals surface area contributed by atoms with Gasteiger partial charge in [0.1, 0.15) is 6.17 Å². The van der Waals surface area contributed by atoms with Gasteiger partial charge in [0.05, 0.1) is 18.5 Å². The standard InChI is InChI=1S/C13H16ClFO3S/c14-19(16,17)13-7-11(13)6-12(15)9-18-8-10-4-2-1-3-5-10/h1-5,11-13H,6-9H2. The van der Waals surface area contributed by atoms with Crippen molar-refractivity contribution >= 4 is 19.7 Å². The van der Waals surface area contributed by atoms with Crippen LogP contribution in [0.4, 0.5) is 4.39 Å². The van der Waals surface area contributed by atoms with Crippen LogP contribution < -0.4 is 0 Å². The zero-order valence-corrected chi connectivity index (χ0v) is 11.9. The fraction of sp³-hybridized carbons (Fsp3) is 0.538. The Morgan fingerprint density at radius 1 is 1.37 bits per heavy atom. The Hall–Kier alpha value is -0.650. The van der Waals surface area contributed by atoms with Crippen molar-refractivity contribution in [1.29, 1.82) is 0 Å². The van der Waals surface area contributed by atoms with Crippen LogP contribution in [-0.4, -0.2) is 26.4 Å². The molecule has 0 heterocycles. The van der Waals surface area contributed by atoms with Gasteiger partial charge in [-0.1, -0.05) is 30.3 Å². The molecule has 0 saturated heterocycles. The van der Waals surface area contributed by atoms with E-state index in [0.29, 0.717) is 13.0 Å². The van der Waals surface area contributed by atoms with E-state index in [1.165, 1.54) is 0 Å². The summed E-state index contributed by atoms with van der Waals surface area (Å²) < 4.78 is 40.9. The number of hydrogen-bond donors (Lipinski definition) is 0. The fourth-order valence-corrected chi connectivity index (χ4v) is 3.79. The molecule has 1 fully saturated rings. The van der Waals surface area contributed by atoms with E-state index in [2.05, 4.69) is 0 Å². The van der Waals surface area contributed by atoms with Gasteiger partial charge in [-0.3, -0.25) is 0 Å². The van der Waals surface area contributed by atoms with E-state index in [9.17, 15) is 12.8 Å². The lowest BCUT2D eigenvalue weighted by molar-refractivity contribution is 0.0644. The predicted octanol–water partition coefficient (Wildman–Crippen LogP) is 2.89. The van der Waals surface area contributed by atoms with Crippen molar-refractivity contribution in [2.75, 3.05) is 6.61 Å². The Labute approximate surface area is 117 Å². The van der Waals surface area contributed by atoms with Gasteiger partial charge >= 0.3 is 0 Å². The highest BCUT2D eigenvalue weighted by atomic mass is 35.7. The van der Waals surface area contributed by atoms with Crippen molar-refractivity contribution in [2.24, 2.45) is 5.92 Å². The molecule has 0 aliphatic heterocycles. The molecular formula is C13H16ClFO3S. The highest BCUT2D eigenvalue weighted by molar-refractivity contribution is 8.14. The van der Waals surface area contributed by atoms with Crippen molar-refractivity contribution in [3.8, 4) is 0 Å². The van der Waals surface area contributed by atoms with Gasteiger partial charge in [-0.25, -0.2) is 12.8 Å². The first-order valence-corrected chi connectivity index (χ1v) is 8.53. The third-order valence-electron chi connectivity index (χ3n) is 3.19. The third kappa shape index (κ3) is 4.75. The van der Waals surface area contributed by atoms with Crippen molar-refractivity contribution in [3.63, 3.8) is 0 Å². The van der Waals surface area contributed by atoms with E-state index in [-0.39, 0.29) is 18.9 Å². The first-order chi connectivity index (χ1) is 8.97. The first kappa shape index (κ1) is 14.8. The van der Waals surface area contributed by atoms with E-state index < -0.39 is 20.5 Å². The van der Waals surface area contributed by atoms with Crippen LogP contribution in [0, 0.1) is 5.92 Å². The summed E-state index contributed by atoms with van der Waals surface area (Å²) in [4.78, 5) is 0. The maximum Gasteiger partial charge on any atom is 0.235 e. The summed E-state index contributed by atoms with van der Waals surface area (Å²) in [5.41, 5.74) is 0.988. The van der Waals surface area contributed by atoms with Gasteiger partial charge in [0, 0.05) is 10.7 Å². The molecule has 1 aromatic rings. The number of rotatable bonds is 7. The molecule has 19 heavy (non-hydrogen) atoms. The van der Waals surface area contributed by atoms with Crippen LogP contribution in [0.1, 0.15) is 18.4 Å². The molecule has 0 amide bonds. The average Bonchev–Trinajstić information content (AvgIpc) is 3.09. The molecular weight excluding hydrogens is 291 g/mol.